The Labute approximate surface area is 207 Å². The fourth-order valence-corrected chi connectivity index (χ4v) is 5.25. The van der Waals surface area contributed by atoms with Crippen molar-refractivity contribution in [2.75, 3.05) is 31.0 Å². The number of ether oxygens (including phenoxy) is 2. The Kier molecular flexibility index (Phi) is 6.15. The Hall–Kier alpha value is -3.52. The molecule has 9 heteroatoms. The molecular weight excluding hydrogens is 470 g/mol. The van der Waals surface area contributed by atoms with Crippen molar-refractivity contribution in [3.05, 3.63) is 57.5 Å². The maximum Gasteiger partial charge on any atom is 0.275 e. The lowest BCUT2D eigenvalue weighted by molar-refractivity contribution is -0.114. The molecule has 0 bridgehead atoms. The van der Waals surface area contributed by atoms with Crippen LogP contribution < -0.4 is 25.2 Å². The molecule has 1 fully saturated rings. The number of pyridine rings is 1. The molecule has 0 saturated heterocycles. The summed E-state index contributed by atoms with van der Waals surface area (Å²) >= 11 is 6.10. The van der Waals surface area contributed by atoms with E-state index >= 15 is 0 Å². The van der Waals surface area contributed by atoms with Crippen LogP contribution in [0, 0.1) is 0 Å². The summed E-state index contributed by atoms with van der Waals surface area (Å²) in [4.78, 5) is 41.9. The van der Waals surface area contributed by atoms with Crippen LogP contribution in [0.3, 0.4) is 0 Å². The minimum absolute atomic E-state index is 0.0227. The second kappa shape index (κ2) is 9.26. The third kappa shape index (κ3) is 4.12. The number of hydrogen-bond acceptors (Lipinski definition) is 5. The van der Waals surface area contributed by atoms with E-state index in [0.29, 0.717) is 27.6 Å². The molecule has 1 saturated carbocycles. The molecule has 3 aromatic rings. The molecule has 0 atom stereocenters. The number of carbonyl (C=O) groups is 2. The molecule has 8 nitrogen and oxygen atoms in total. The fraction of sp³-hybridized carbons (Fsp3) is 0.346. The molecule has 2 heterocycles. The van der Waals surface area contributed by atoms with Crippen LogP contribution in [0.5, 0.6) is 11.5 Å². The van der Waals surface area contributed by atoms with E-state index in [2.05, 4.69) is 5.32 Å². The molecule has 1 N–H and O–H groups in total. The molecule has 2 amide bonds. The molecule has 5 rings (SSSR count). The van der Waals surface area contributed by atoms with Gasteiger partial charge in [-0.1, -0.05) is 30.9 Å². The standard InChI is InChI=1S/C26H26ClN3O5/c1-34-21-10-15-13-29(17-6-4-3-5-7-17)26(33)24(19(15)12-22(21)35-2)30-14-23(31)28-20-11-16(27)8-9-18(20)25(30)32/h8-13,17H,3-7,14H2,1-2H3,(H,28,31). The number of fused-ring (bicyclic) bond motifs is 2. The van der Waals surface area contributed by atoms with Crippen LogP contribution in [-0.4, -0.2) is 37.1 Å². The lowest BCUT2D eigenvalue weighted by Crippen LogP contribution is -2.40. The fourth-order valence-electron chi connectivity index (χ4n) is 5.08. The van der Waals surface area contributed by atoms with Gasteiger partial charge in [-0.05, 0) is 43.2 Å². The van der Waals surface area contributed by atoms with Gasteiger partial charge in [0.15, 0.2) is 11.5 Å². The average molecular weight is 496 g/mol. The highest BCUT2D eigenvalue weighted by Crippen LogP contribution is 2.38. The van der Waals surface area contributed by atoms with E-state index in [-0.39, 0.29) is 29.4 Å². The highest BCUT2D eigenvalue weighted by molar-refractivity contribution is 6.31. The zero-order valence-corrected chi connectivity index (χ0v) is 20.4. The van der Waals surface area contributed by atoms with Gasteiger partial charge in [-0.3, -0.25) is 19.3 Å². The number of nitrogens with zero attached hydrogens (tertiary/aromatic N) is 2. The minimum Gasteiger partial charge on any atom is -0.493 e. The third-order valence-electron chi connectivity index (χ3n) is 6.80. The zero-order chi connectivity index (χ0) is 24.7. The highest BCUT2D eigenvalue weighted by atomic mass is 35.5. The van der Waals surface area contributed by atoms with E-state index in [1.54, 1.807) is 35.9 Å². The topological polar surface area (TPSA) is 89.9 Å². The molecule has 2 aliphatic rings. The summed E-state index contributed by atoms with van der Waals surface area (Å²) in [5, 5.41) is 4.37. The van der Waals surface area contributed by atoms with Gasteiger partial charge in [-0.25, -0.2) is 0 Å². The number of amides is 2. The van der Waals surface area contributed by atoms with E-state index in [1.165, 1.54) is 18.1 Å². The number of halogens is 1. The zero-order valence-electron chi connectivity index (χ0n) is 19.6. The van der Waals surface area contributed by atoms with E-state index in [0.717, 1.165) is 37.5 Å². The lowest BCUT2D eigenvalue weighted by Gasteiger charge is -2.28. The number of rotatable bonds is 4. The number of benzene rings is 2. The largest absolute Gasteiger partial charge is 0.493 e. The van der Waals surface area contributed by atoms with Crippen molar-refractivity contribution >= 4 is 45.6 Å². The Morgan fingerprint density at radius 1 is 0.971 bits per heavy atom. The summed E-state index contributed by atoms with van der Waals surface area (Å²) in [5.74, 6) is 0.0692. The van der Waals surface area contributed by atoms with Gasteiger partial charge in [0.2, 0.25) is 5.91 Å². The third-order valence-corrected chi connectivity index (χ3v) is 7.03. The lowest BCUT2D eigenvalue weighted by atomic mass is 9.95. The SMILES string of the molecule is COc1cc2cn(C3CCCCC3)c(=O)c(N3CC(=O)Nc4cc(Cl)ccc4C3=O)c2cc1OC. The molecule has 0 unspecified atom stereocenters. The summed E-state index contributed by atoms with van der Waals surface area (Å²) < 4.78 is 12.7. The molecule has 35 heavy (non-hydrogen) atoms. The van der Waals surface area contributed by atoms with Gasteiger partial charge in [-0.15, -0.1) is 0 Å². The van der Waals surface area contributed by atoms with Crippen LogP contribution in [0.1, 0.15) is 48.5 Å². The maximum absolute atomic E-state index is 14.0. The Balaban J connectivity index is 1.78. The quantitative estimate of drug-likeness (QED) is 0.562. The highest BCUT2D eigenvalue weighted by Gasteiger charge is 2.32. The van der Waals surface area contributed by atoms with Crippen molar-refractivity contribution in [2.24, 2.45) is 0 Å². The number of anilines is 2. The first-order valence-corrected chi connectivity index (χ1v) is 12.0. The second-order valence-corrected chi connectivity index (χ2v) is 9.34. The first-order chi connectivity index (χ1) is 16.9. The van der Waals surface area contributed by atoms with Gasteiger partial charge in [0.1, 0.15) is 12.2 Å². The molecule has 182 valence electrons. The smallest absolute Gasteiger partial charge is 0.275 e. The van der Waals surface area contributed by atoms with Crippen LogP contribution in [-0.2, 0) is 4.79 Å². The first kappa shape index (κ1) is 23.2. The number of hydrogen-bond donors (Lipinski definition) is 1. The van der Waals surface area contributed by atoms with Gasteiger partial charge in [0, 0.05) is 28.0 Å². The van der Waals surface area contributed by atoms with Gasteiger partial charge >= 0.3 is 0 Å². The first-order valence-electron chi connectivity index (χ1n) is 11.6. The van der Waals surface area contributed by atoms with Gasteiger partial charge in [-0.2, -0.15) is 0 Å². The van der Waals surface area contributed by atoms with Gasteiger partial charge < -0.3 is 19.4 Å². The van der Waals surface area contributed by atoms with Crippen molar-refractivity contribution in [1.82, 2.24) is 4.57 Å². The molecule has 1 aromatic heterocycles. The molecule has 2 aromatic carbocycles. The predicted molar refractivity (Wildman–Crippen MR) is 135 cm³/mol. The Bertz CT molecular complexity index is 1390. The predicted octanol–water partition coefficient (Wildman–Crippen LogP) is 4.78. The normalized spacial score (nSPS) is 16.6. The molecule has 0 radical (unpaired) electrons. The van der Waals surface area contributed by atoms with Crippen molar-refractivity contribution in [2.45, 2.75) is 38.1 Å². The monoisotopic (exact) mass is 495 g/mol. The number of nitrogens with one attached hydrogen (secondary N) is 1. The average Bonchev–Trinajstić information content (AvgIpc) is 2.98. The summed E-state index contributed by atoms with van der Waals surface area (Å²) in [6.07, 6.45) is 6.81. The van der Waals surface area contributed by atoms with Gasteiger partial charge in [0.25, 0.3) is 11.5 Å². The van der Waals surface area contributed by atoms with Crippen LogP contribution in [0.2, 0.25) is 5.02 Å². The molecule has 1 aliphatic heterocycles. The van der Waals surface area contributed by atoms with E-state index < -0.39 is 11.8 Å². The van der Waals surface area contributed by atoms with E-state index in [9.17, 15) is 14.4 Å². The number of methoxy groups -OCH3 is 2. The van der Waals surface area contributed by atoms with Crippen molar-refractivity contribution in [3.63, 3.8) is 0 Å². The van der Waals surface area contributed by atoms with Crippen LogP contribution in [0.4, 0.5) is 11.4 Å². The summed E-state index contributed by atoms with van der Waals surface area (Å²) in [6, 6.07) is 8.20. The second-order valence-electron chi connectivity index (χ2n) is 8.91. The summed E-state index contributed by atoms with van der Waals surface area (Å²) in [6.45, 7) is -0.307. The van der Waals surface area contributed by atoms with Crippen LogP contribution >= 0.6 is 11.6 Å². The Morgan fingerprint density at radius 2 is 1.69 bits per heavy atom. The van der Waals surface area contributed by atoms with Crippen LogP contribution in [0.15, 0.2) is 41.3 Å². The number of carbonyl (C=O) groups excluding carboxylic acids is 2. The van der Waals surface area contributed by atoms with Crippen molar-refractivity contribution in [3.8, 4) is 11.5 Å². The minimum atomic E-state index is -0.454. The maximum atomic E-state index is 14.0. The number of aromatic nitrogens is 1. The van der Waals surface area contributed by atoms with Crippen molar-refractivity contribution < 1.29 is 19.1 Å². The van der Waals surface area contributed by atoms with E-state index in [1.807, 2.05) is 6.20 Å². The summed E-state index contributed by atoms with van der Waals surface area (Å²) in [7, 11) is 3.06. The summed E-state index contributed by atoms with van der Waals surface area (Å²) in [5.41, 5.74) is 0.426. The van der Waals surface area contributed by atoms with E-state index in [4.69, 9.17) is 21.1 Å². The Morgan fingerprint density at radius 3 is 2.40 bits per heavy atom. The van der Waals surface area contributed by atoms with Crippen LogP contribution in [0.25, 0.3) is 10.8 Å². The van der Waals surface area contributed by atoms with Crippen molar-refractivity contribution in [1.29, 1.82) is 0 Å². The van der Waals surface area contributed by atoms with Gasteiger partial charge in [0.05, 0.1) is 25.5 Å². The molecular formula is C26H26ClN3O5. The molecule has 0 spiro atoms. The molecule has 1 aliphatic carbocycles.